The lowest BCUT2D eigenvalue weighted by molar-refractivity contribution is -0.141. The first-order valence-corrected chi connectivity index (χ1v) is 7.86. The molecule has 6 nitrogen and oxygen atoms in total. The minimum absolute atomic E-state index is 0.0761. The van der Waals surface area contributed by atoms with Gasteiger partial charge in [0.05, 0.1) is 13.7 Å². The third-order valence-electron chi connectivity index (χ3n) is 3.21. The first-order chi connectivity index (χ1) is 12.7. The molecule has 0 fully saturated rings. The molecular formula is C18H17F3N2O4. The van der Waals surface area contributed by atoms with Crippen LogP contribution in [0.1, 0.15) is 24.0 Å². The predicted octanol–water partition coefficient (Wildman–Crippen LogP) is 4.18. The standard InChI is InChI=1S/C18H17F3N2O4/c1-4-26-17(24)8-6-12-5-7-13(14(9-12)25-3)27-16-10-15(18(19,20)21)22-11(2)23-16/h5-10H,4H2,1-3H3. The number of benzene rings is 1. The summed E-state index contributed by atoms with van der Waals surface area (Å²) in [5.74, 6) is -0.411. The van der Waals surface area contributed by atoms with E-state index in [0.29, 0.717) is 11.6 Å². The quantitative estimate of drug-likeness (QED) is 0.551. The van der Waals surface area contributed by atoms with Crippen molar-refractivity contribution in [2.75, 3.05) is 13.7 Å². The van der Waals surface area contributed by atoms with Crippen molar-refractivity contribution in [3.8, 4) is 17.4 Å². The number of hydrogen-bond acceptors (Lipinski definition) is 6. The van der Waals surface area contributed by atoms with Crippen LogP contribution in [0.25, 0.3) is 6.08 Å². The molecule has 0 spiro atoms. The molecule has 0 aliphatic rings. The molecule has 0 amide bonds. The van der Waals surface area contributed by atoms with Gasteiger partial charge in [0.25, 0.3) is 0 Å². The number of rotatable bonds is 6. The number of esters is 1. The van der Waals surface area contributed by atoms with Gasteiger partial charge in [-0.05, 0) is 37.6 Å². The second-order valence-corrected chi connectivity index (χ2v) is 5.23. The summed E-state index contributed by atoms with van der Waals surface area (Å²) in [7, 11) is 1.38. The van der Waals surface area contributed by atoms with Crippen molar-refractivity contribution in [2.24, 2.45) is 0 Å². The Morgan fingerprint density at radius 3 is 2.56 bits per heavy atom. The van der Waals surface area contributed by atoms with Gasteiger partial charge in [0.15, 0.2) is 17.2 Å². The maximum Gasteiger partial charge on any atom is 0.433 e. The van der Waals surface area contributed by atoms with Crippen molar-refractivity contribution < 1.29 is 32.2 Å². The Hall–Kier alpha value is -3.10. The fourth-order valence-corrected chi connectivity index (χ4v) is 2.08. The maximum atomic E-state index is 12.9. The fraction of sp³-hybridized carbons (Fsp3) is 0.278. The lowest BCUT2D eigenvalue weighted by Gasteiger charge is -2.12. The molecule has 1 heterocycles. The first-order valence-electron chi connectivity index (χ1n) is 7.86. The SMILES string of the molecule is CCOC(=O)C=Cc1ccc(Oc2cc(C(F)(F)F)nc(C)n2)c(OC)c1. The van der Waals surface area contributed by atoms with E-state index in [0.717, 1.165) is 0 Å². The van der Waals surface area contributed by atoms with Crippen molar-refractivity contribution in [1.29, 1.82) is 0 Å². The van der Waals surface area contributed by atoms with Gasteiger partial charge in [-0.3, -0.25) is 0 Å². The number of halogens is 3. The van der Waals surface area contributed by atoms with E-state index in [4.69, 9.17) is 14.2 Å². The number of carbonyl (C=O) groups excluding carboxylic acids is 1. The molecule has 0 saturated heterocycles. The monoisotopic (exact) mass is 382 g/mol. The van der Waals surface area contributed by atoms with Crippen LogP contribution in [-0.4, -0.2) is 29.7 Å². The Bertz CT molecular complexity index is 851. The average Bonchev–Trinajstić information content (AvgIpc) is 2.60. The van der Waals surface area contributed by atoms with Crippen LogP contribution in [0.4, 0.5) is 13.2 Å². The summed E-state index contributed by atoms with van der Waals surface area (Å²) in [4.78, 5) is 18.6. The fourth-order valence-electron chi connectivity index (χ4n) is 2.08. The molecule has 0 unspecified atom stereocenters. The van der Waals surface area contributed by atoms with Crippen LogP contribution >= 0.6 is 0 Å². The molecule has 9 heteroatoms. The largest absolute Gasteiger partial charge is 0.493 e. The van der Waals surface area contributed by atoms with E-state index in [-0.39, 0.29) is 29.8 Å². The molecule has 2 aromatic rings. The van der Waals surface area contributed by atoms with Gasteiger partial charge in [0.1, 0.15) is 5.82 Å². The molecule has 144 valence electrons. The van der Waals surface area contributed by atoms with E-state index in [1.54, 1.807) is 19.1 Å². The summed E-state index contributed by atoms with van der Waals surface area (Å²) in [6, 6.07) is 5.37. The normalized spacial score (nSPS) is 11.5. The van der Waals surface area contributed by atoms with Crippen molar-refractivity contribution in [2.45, 2.75) is 20.0 Å². The van der Waals surface area contributed by atoms with Gasteiger partial charge >= 0.3 is 12.1 Å². The molecule has 1 aromatic heterocycles. The zero-order chi connectivity index (χ0) is 20.0. The predicted molar refractivity (Wildman–Crippen MR) is 90.5 cm³/mol. The van der Waals surface area contributed by atoms with Gasteiger partial charge in [0.2, 0.25) is 5.88 Å². The lowest BCUT2D eigenvalue weighted by atomic mass is 10.2. The maximum absolute atomic E-state index is 12.9. The lowest BCUT2D eigenvalue weighted by Crippen LogP contribution is -2.10. The van der Waals surface area contributed by atoms with Crippen LogP contribution in [0.5, 0.6) is 17.4 Å². The Morgan fingerprint density at radius 2 is 1.93 bits per heavy atom. The zero-order valence-corrected chi connectivity index (χ0v) is 14.8. The third kappa shape index (κ3) is 5.70. The van der Waals surface area contributed by atoms with E-state index in [2.05, 4.69) is 9.97 Å². The molecule has 2 rings (SSSR count). The molecule has 0 saturated carbocycles. The van der Waals surface area contributed by atoms with Crippen LogP contribution in [0, 0.1) is 6.92 Å². The van der Waals surface area contributed by atoms with Crippen LogP contribution in [0.3, 0.4) is 0 Å². The summed E-state index contributed by atoms with van der Waals surface area (Å²) in [5, 5.41) is 0. The molecule has 0 atom stereocenters. The van der Waals surface area contributed by atoms with Gasteiger partial charge in [0, 0.05) is 12.1 Å². The average molecular weight is 382 g/mol. The molecule has 0 N–H and O–H groups in total. The van der Waals surface area contributed by atoms with Crippen molar-refractivity contribution in [1.82, 2.24) is 9.97 Å². The number of carbonyl (C=O) groups is 1. The molecule has 0 aliphatic carbocycles. The van der Waals surface area contributed by atoms with Crippen LogP contribution < -0.4 is 9.47 Å². The topological polar surface area (TPSA) is 70.5 Å². The van der Waals surface area contributed by atoms with E-state index in [1.807, 2.05) is 0 Å². The van der Waals surface area contributed by atoms with E-state index in [9.17, 15) is 18.0 Å². The summed E-state index contributed by atoms with van der Waals surface area (Å²) in [6.07, 6.45) is -1.85. The van der Waals surface area contributed by atoms with Crippen LogP contribution in [-0.2, 0) is 15.7 Å². The van der Waals surface area contributed by atoms with Gasteiger partial charge < -0.3 is 14.2 Å². The highest BCUT2D eigenvalue weighted by molar-refractivity contribution is 5.87. The van der Waals surface area contributed by atoms with Gasteiger partial charge in [-0.25, -0.2) is 9.78 Å². The number of alkyl halides is 3. The summed E-state index contributed by atoms with van der Waals surface area (Å²) in [5.41, 5.74) is -0.486. The highest BCUT2D eigenvalue weighted by atomic mass is 19.4. The first kappa shape index (κ1) is 20.2. The Kier molecular flexibility index (Phi) is 6.38. The number of ether oxygens (including phenoxy) is 3. The minimum atomic E-state index is -4.61. The summed E-state index contributed by atoms with van der Waals surface area (Å²) in [6.45, 7) is 3.29. The molecule has 1 aromatic carbocycles. The Labute approximate surface area is 153 Å². The third-order valence-corrected chi connectivity index (χ3v) is 3.21. The minimum Gasteiger partial charge on any atom is -0.493 e. The second-order valence-electron chi connectivity index (χ2n) is 5.23. The summed E-state index contributed by atoms with van der Waals surface area (Å²) >= 11 is 0. The second kappa shape index (κ2) is 8.52. The smallest absolute Gasteiger partial charge is 0.433 e. The number of methoxy groups -OCH3 is 1. The molecule has 0 aliphatic heterocycles. The number of nitrogens with zero attached hydrogens (tertiary/aromatic N) is 2. The van der Waals surface area contributed by atoms with Crippen molar-refractivity contribution in [3.63, 3.8) is 0 Å². The van der Waals surface area contributed by atoms with Gasteiger partial charge in [-0.1, -0.05) is 6.07 Å². The Morgan fingerprint density at radius 1 is 1.19 bits per heavy atom. The van der Waals surface area contributed by atoms with Crippen molar-refractivity contribution >= 4 is 12.0 Å². The zero-order valence-electron chi connectivity index (χ0n) is 14.8. The van der Waals surface area contributed by atoms with Gasteiger partial charge in [-0.2, -0.15) is 18.2 Å². The van der Waals surface area contributed by atoms with Crippen LogP contribution in [0.2, 0.25) is 0 Å². The number of hydrogen-bond donors (Lipinski definition) is 0. The Balaban J connectivity index is 2.27. The van der Waals surface area contributed by atoms with E-state index >= 15 is 0 Å². The van der Waals surface area contributed by atoms with E-state index < -0.39 is 17.8 Å². The molecule has 0 bridgehead atoms. The molecule has 27 heavy (non-hydrogen) atoms. The van der Waals surface area contributed by atoms with Crippen LogP contribution in [0.15, 0.2) is 30.3 Å². The number of aryl methyl sites for hydroxylation is 1. The van der Waals surface area contributed by atoms with Gasteiger partial charge in [-0.15, -0.1) is 0 Å². The number of aromatic nitrogens is 2. The summed E-state index contributed by atoms with van der Waals surface area (Å²) < 4.78 is 54.1. The molecule has 0 radical (unpaired) electrons. The highest BCUT2D eigenvalue weighted by Gasteiger charge is 2.33. The molecular weight excluding hydrogens is 365 g/mol. The van der Waals surface area contributed by atoms with E-state index in [1.165, 1.54) is 32.3 Å². The highest BCUT2D eigenvalue weighted by Crippen LogP contribution is 2.34. The van der Waals surface area contributed by atoms with Crippen molar-refractivity contribution in [3.05, 3.63) is 47.4 Å².